The van der Waals surface area contributed by atoms with Crippen LogP contribution in [0.15, 0.2) is 0 Å². The van der Waals surface area contributed by atoms with Crippen LogP contribution in [0.25, 0.3) is 0 Å². The highest BCUT2D eigenvalue weighted by Crippen LogP contribution is 2.26. The molecule has 17 heavy (non-hydrogen) atoms. The van der Waals surface area contributed by atoms with Crippen LogP contribution >= 0.6 is 0 Å². The molecule has 0 saturated carbocycles. The quantitative estimate of drug-likeness (QED) is 0.809. The molecule has 0 radical (unpaired) electrons. The molecule has 1 aliphatic heterocycles. The molecule has 1 amide bonds. The molecule has 1 rings (SSSR count). The van der Waals surface area contributed by atoms with Gasteiger partial charge in [0.25, 0.3) is 0 Å². The summed E-state index contributed by atoms with van der Waals surface area (Å²) in [5.41, 5.74) is -0.927. The topological polar surface area (TPSA) is 49.8 Å². The molecule has 1 fully saturated rings. The van der Waals surface area contributed by atoms with Crippen molar-refractivity contribution < 1.29 is 14.6 Å². The van der Waals surface area contributed by atoms with E-state index in [0.29, 0.717) is 38.6 Å². The van der Waals surface area contributed by atoms with Gasteiger partial charge in [-0.3, -0.25) is 4.79 Å². The van der Waals surface area contributed by atoms with Gasteiger partial charge in [-0.25, -0.2) is 0 Å². The van der Waals surface area contributed by atoms with Gasteiger partial charge in [-0.05, 0) is 19.3 Å². The first-order chi connectivity index (χ1) is 7.84. The van der Waals surface area contributed by atoms with Gasteiger partial charge >= 0.3 is 0 Å². The second-order valence-electron chi connectivity index (χ2n) is 5.61. The van der Waals surface area contributed by atoms with Crippen molar-refractivity contribution in [1.82, 2.24) is 4.90 Å². The molecule has 0 aromatic carbocycles. The third-order valence-electron chi connectivity index (χ3n) is 3.45. The van der Waals surface area contributed by atoms with Crippen molar-refractivity contribution in [1.29, 1.82) is 0 Å². The van der Waals surface area contributed by atoms with Crippen molar-refractivity contribution in [3.63, 3.8) is 0 Å². The lowest BCUT2D eigenvalue weighted by Crippen LogP contribution is -2.49. The minimum Gasteiger partial charge on any atom is -0.389 e. The predicted octanol–water partition coefficient (Wildman–Crippen LogP) is 1.28. The summed E-state index contributed by atoms with van der Waals surface area (Å²) in [6, 6.07) is 0. The zero-order valence-electron chi connectivity index (χ0n) is 11.4. The number of ether oxygens (including phenoxy) is 1. The molecule has 0 bridgehead atoms. The summed E-state index contributed by atoms with van der Waals surface area (Å²) in [7, 11) is 0. The van der Waals surface area contributed by atoms with E-state index >= 15 is 0 Å². The van der Waals surface area contributed by atoms with Crippen LogP contribution in [-0.4, -0.2) is 47.8 Å². The molecule has 2 atom stereocenters. The molecule has 4 nitrogen and oxygen atoms in total. The predicted molar refractivity (Wildman–Crippen MR) is 66.6 cm³/mol. The third-order valence-corrected chi connectivity index (χ3v) is 3.45. The van der Waals surface area contributed by atoms with Crippen LogP contribution in [0.3, 0.4) is 0 Å². The van der Waals surface area contributed by atoms with E-state index in [1.54, 1.807) is 11.8 Å². The molecular formula is C13H25NO3. The molecule has 1 heterocycles. The maximum Gasteiger partial charge on any atom is 0.228 e. The molecule has 4 heteroatoms. The number of rotatable bonds is 4. The van der Waals surface area contributed by atoms with E-state index in [4.69, 9.17) is 4.74 Å². The number of hydrogen-bond acceptors (Lipinski definition) is 3. The Bertz CT molecular complexity index is 257. The fourth-order valence-electron chi connectivity index (χ4n) is 2.33. The Balaban J connectivity index is 2.60. The van der Waals surface area contributed by atoms with Crippen LogP contribution in [0.2, 0.25) is 0 Å². The smallest absolute Gasteiger partial charge is 0.228 e. The van der Waals surface area contributed by atoms with Crippen molar-refractivity contribution in [2.45, 2.75) is 39.7 Å². The molecule has 1 aliphatic rings. The summed E-state index contributed by atoms with van der Waals surface area (Å²) in [5.74, 6) is 0.0619. The normalized spacial score (nSPS) is 22.4. The number of aliphatic hydroxyl groups is 1. The van der Waals surface area contributed by atoms with E-state index in [2.05, 4.69) is 13.8 Å². The molecule has 0 unspecified atom stereocenters. The minimum absolute atomic E-state index is 0.0407. The van der Waals surface area contributed by atoms with E-state index < -0.39 is 5.60 Å². The second kappa shape index (κ2) is 5.83. The summed E-state index contributed by atoms with van der Waals surface area (Å²) in [6.07, 6.45) is 0.643. The van der Waals surface area contributed by atoms with Crippen LogP contribution in [0, 0.1) is 11.8 Å². The number of amides is 1. The number of hydrogen-bond donors (Lipinski definition) is 1. The van der Waals surface area contributed by atoms with Gasteiger partial charge in [-0.15, -0.1) is 0 Å². The molecule has 0 aromatic rings. The maximum atomic E-state index is 12.2. The Hall–Kier alpha value is -0.610. The van der Waals surface area contributed by atoms with Crippen LogP contribution in [0.1, 0.15) is 34.1 Å². The van der Waals surface area contributed by atoms with E-state index in [0.717, 1.165) is 0 Å². The lowest BCUT2D eigenvalue weighted by Gasteiger charge is -2.36. The van der Waals surface area contributed by atoms with E-state index in [1.807, 2.05) is 6.92 Å². The Morgan fingerprint density at radius 3 is 2.35 bits per heavy atom. The third kappa shape index (κ3) is 3.96. The van der Waals surface area contributed by atoms with Crippen molar-refractivity contribution in [2.24, 2.45) is 11.8 Å². The van der Waals surface area contributed by atoms with Crippen molar-refractivity contribution >= 4 is 5.91 Å². The Morgan fingerprint density at radius 2 is 1.88 bits per heavy atom. The molecule has 1 N–H and O–H groups in total. The molecule has 100 valence electrons. The van der Waals surface area contributed by atoms with E-state index in [9.17, 15) is 9.90 Å². The van der Waals surface area contributed by atoms with Crippen LogP contribution < -0.4 is 0 Å². The molecule has 1 saturated heterocycles. The van der Waals surface area contributed by atoms with Gasteiger partial charge in [0.1, 0.15) is 0 Å². The van der Waals surface area contributed by atoms with E-state index in [-0.39, 0.29) is 11.8 Å². The van der Waals surface area contributed by atoms with Crippen LogP contribution in [0.5, 0.6) is 0 Å². The Kier molecular flexibility index (Phi) is 4.95. The SMILES string of the molecule is CC(C)C[C@](C)(O)[C@@H](C)C(=O)N1CCOCC1. The van der Waals surface area contributed by atoms with Crippen molar-refractivity contribution in [3.8, 4) is 0 Å². The highest BCUT2D eigenvalue weighted by Gasteiger charge is 2.36. The fraction of sp³-hybridized carbons (Fsp3) is 0.923. The van der Waals surface area contributed by atoms with Crippen LogP contribution in [0.4, 0.5) is 0 Å². The molecule has 0 aromatic heterocycles. The molecule has 0 spiro atoms. The number of carbonyl (C=O) groups is 1. The first kappa shape index (κ1) is 14.5. The van der Waals surface area contributed by atoms with Crippen LogP contribution in [-0.2, 0) is 9.53 Å². The summed E-state index contributed by atoms with van der Waals surface area (Å²) in [4.78, 5) is 14.0. The first-order valence-electron chi connectivity index (χ1n) is 6.43. The van der Waals surface area contributed by atoms with Gasteiger partial charge in [0, 0.05) is 13.1 Å². The molecule has 0 aliphatic carbocycles. The number of nitrogens with zero attached hydrogens (tertiary/aromatic N) is 1. The summed E-state index contributed by atoms with van der Waals surface area (Å²) in [6.45, 7) is 10.2. The lowest BCUT2D eigenvalue weighted by molar-refractivity contribution is -0.148. The zero-order valence-corrected chi connectivity index (χ0v) is 11.4. The Labute approximate surface area is 104 Å². The highest BCUT2D eigenvalue weighted by atomic mass is 16.5. The number of carbonyl (C=O) groups excluding carboxylic acids is 1. The first-order valence-corrected chi connectivity index (χ1v) is 6.43. The second-order valence-corrected chi connectivity index (χ2v) is 5.61. The fourth-order valence-corrected chi connectivity index (χ4v) is 2.33. The van der Waals surface area contributed by atoms with Gasteiger partial charge in [0.2, 0.25) is 5.91 Å². The largest absolute Gasteiger partial charge is 0.389 e. The zero-order chi connectivity index (χ0) is 13.1. The summed E-state index contributed by atoms with van der Waals surface area (Å²) in [5, 5.41) is 10.4. The Morgan fingerprint density at radius 1 is 1.35 bits per heavy atom. The standard InChI is InChI=1S/C13H25NO3/c1-10(2)9-13(4,16)11(3)12(15)14-5-7-17-8-6-14/h10-11,16H,5-9H2,1-4H3/t11-,13-/m0/s1. The van der Waals surface area contributed by atoms with Crippen molar-refractivity contribution in [2.75, 3.05) is 26.3 Å². The highest BCUT2D eigenvalue weighted by molar-refractivity contribution is 5.79. The van der Waals surface area contributed by atoms with Gasteiger partial charge in [0.05, 0.1) is 24.7 Å². The monoisotopic (exact) mass is 243 g/mol. The van der Waals surface area contributed by atoms with Gasteiger partial charge in [0.15, 0.2) is 0 Å². The van der Waals surface area contributed by atoms with Gasteiger partial charge in [-0.1, -0.05) is 20.8 Å². The minimum atomic E-state index is -0.927. The average Bonchev–Trinajstić information content (AvgIpc) is 2.26. The van der Waals surface area contributed by atoms with Crippen molar-refractivity contribution in [3.05, 3.63) is 0 Å². The summed E-state index contributed by atoms with van der Waals surface area (Å²) < 4.78 is 5.22. The number of morpholine rings is 1. The van der Waals surface area contributed by atoms with E-state index in [1.165, 1.54) is 0 Å². The van der Waals surface area contributed by atoms with Gasteiger partial charge in [-0.2, -0.15) is 0 Å². The maximum absolute atomic E-state index is 12.2. The molecular weight excluding hydrogens is 218 g/mol. The lowest BCUT2D eigenvalue weighted by atomic mass is 9.82. The van der Waals surface area contributed by atoms with Gasteiger partial charge < -0.3 is 14.7 Å². The summed E-state index contributed by atoms with van der Waals surface area (Å²) >= 11 is 0. The average molecular weight is 243 g/mol.